The molecule has 3 rings (SSSR count). The van der Waals surface area contributed by atoms with Crippen LogP contribution in [0.4, 0.5) is 4.39 Å². The standard InChI is InChI=1S/C15H20FN5O3S/c1-10-14(11(2)20(3)19-10)25(22,23)21-6-4-5-13(9-21)24-15-17-7-12(16)8-18-15/h7-8,13H,4-6,9H2,1-3H3. The molecule has 1 aliphatic rings. The van der Waals surface area contributed by atoms with E-state index >= 15 is 0 Å². The SMILES string of the molecule is Cc1nn(C)c(C)c1S(=O)(=O)N1CCCC(Oc2ncc(F)cn2)C1. The summed E-state index contributed by atoms with van der Waals surface area (Å²) in [6.45, 7) is 4.03. The number of rotatable bonds is 4. The second kappa shape index (κ2) is 6.68. The van der Waals surface area contributed by atoms with E-state index in [-0.39, 0.29) is 23.6 Å². The van der Waals surface area contributed by atoms with Gasteiger partial charge in [-0.25, -0.2) is 22.8 Å². The number of nitrogens with zero attached hydrogens (tertiary/aromatic N) is 5. The van der Waals surface area contributed by atoms with Crippen molar-refractivity contribution in [2.75, 3.05) is 13.1 Å². The summed E-state index contributed by atoms with van der Waals surface area (Å²) in [6, 6.07) is 0.0411. The zero-order chi connectivity index (χ0) is 18.2. The van der Waals surface area contributed by atoms with E-state index < -0.39 is 15.8 Å². The molecule has 0 radical (unpaired) electrons. The Bertz CT molecular complexity index is 866. The Kier molecular flexibility index (Phi) is 4.74. The molecule has 1 unspecified atom stereocenters. The number of halogens is 1. The zero-order valence-electron chi connectivity index (χ0n) is 14.3. The average molecular weight is 369 g/mol. The summed E-state index contributed by atoms with van der Waals surface area (Å²) in [7, 11) is -1.95. The van der Waals surface area contributed by atoms with Gasteiger partial charge < -0.3 is 4.74 Å². The predicted octanol–water partition coefficient (Wildman–Crippen LogP) is 1.20. The average Bonchev–Trinajstić information content (AvgIpc) is 2.83. The van der Waals surface area contributed by atoms with Gasteiger partial charge in [0.2, 0.25) is 10.0 Å². The number of hydrogen-bond acceptors (Lipinski definition) is 6. The molecule has 0 spiro atoms. The van der Waals surface area contributed by atoms with Gasteiger partial charge in [-0.15, -0.1) is 0 Å². The normalized spacial score (nSPS) is 19.1. The predicted molar refractivity (Wildman–Crippen MR) is 87.1 cm³/mol. The zero-order valence-corrected chi connectivity index (χ0v) is 15.1. The monoisotopic (exact) mass is 369 g/mol. The molecular weight excluding hydrogens is 349 g/mol. The van der Waals surface area contributed by atoms with Gasteiger partial charge in [-0.3, -0.25) is 4.68 Å². The molecule has 0 amide bonds. The van der Waals surface area contributed by atoms with Crippen molar-refractivity contribution in [1.29, 1.82) is 0 Å². The summed E-state index contributed by atoms with van der Waals surface area (Å²) in [5.41, 5.74) is 1.08. The van der Waals surface area contributed by atoms with E-state index in [0.29, 0.717) is 30.8 Å². The summed E-state index contributed by atoms with van der Waals surface area (Å²) in [4.78, 5) is 7.76. The summed E-state index contributed by atoms with van der Waals surface area (Å²) < 4.78 is 47.5. The Morgan fingerprint density at radius 3 is 2.56 bits per heavy atom. The molecule has 1 aliphatic heterocycles. The van der Waals surface area contributed by atoms with E-state index in [1.54, 1.807) is 25.6 Å². The van der Waals surface area contributed by atoms with Crippen LogP contribution in [0.2, 0.25) is 0 Å². The van der Waals surface area contributed by atoms with Crippen LogP contribution < -0.4 is 4.74 Å². The van der Waals surface area contributed by atoms with E-state index in [2.05, 4.69) is 15.1 Å². The molecule has 25 heavy (non-hydrogen) atoms. The molecule has 136 valence electrons. The molecule has 2 aromatic heterocycles. The van der Waals surface area contributed by atoms with Crippen molar-refractivity contribution in [2.24, 2.45) is 7.05 Å². The van der Waals surface area contributed by atoms with Gasteiger partial charge in [-0.2, -0.15) is 9.40 Å². The molecule has 0 saturated carbocycles. The third-order valence-corrected chi connectivity index (χ3v) is 6.37. The van der Waals surface area contributed by atoms with Crippen molar-refractivity contribution in [1.82, 2.24) is 24.1 Å². The van der Waals surface area contributed by atoms with Crippen LogP contribution in [0, 0.1) is 19.7 Å². The lowest BCUT2D eigenvalue weighted by molar-refractivity contribution is 0.119. The van der Waals surface area contributed by atoms with Gasteiger partial charge in [-0.05, 0) is 26.7 Å². The van der Waals surface area contributed by atoms with Crippen molar-refractivity contribution in [3.05, 3.63) is 29.6 Å². The molecule has 1 atom stereocenters. The first kappa shape index (κ1) is 17.7. The van der Waals surface area contributed by atoms with Crippen LogP contribution >= 0.6 is 0 Å². The summed E-state index contributed by atoms with van der Waals surface area (Å²) in [5.74, 6) is -0.553. The van der Waals surface area contributed by atoms with Gasteiger partial charge in [0.25, 0.3) is 0 Å². The van der Waals surface area contributed by atoms with E-state index in [1.165, 1.54) is 4.31 Å². The molecular formula is C15H20FN5O3S. The maximum absolute atomic E-state index is 13.0. The van der Waals surface area contributed by atoms with Crippen LogP contribution in [0.5, 0.6) is 6.01 Å². The van der Waals surface area contributed by atoms with E-state index in [9.17, 15) is 12.8 Å². The summed E-state index contributed by atoms with van der Waals surface area (Å²) >= 11 is 0. The third kappa shape index (κ3) is 3.49. The van der Waals surface area contributed by atoms with Gasteiger partial charge in [0.1, 0.15) is 11.0 Å². The van der Waals surface area contributed by atoms with Crippen molar-refractivity contribution >= 4 is 10.0 Å². The van der Waals surface area contributed by atoms with Crippen LogP contribution in [-0.4, -0.2) is 51.7 Å². The fourth-order valence-electron chi connectivity index (χ4n) is 2.99. The smallest absolute Gasteiger partial charge is 0.316 e. The first-order chi connectivity index (χ1) is 11.8. The highest BCUT2D eigenvalue weighted by Gasteiger charge is 2.35. The lowest BCUT2D eigenvalue weighted by atomic mass is 10.1. The molecule has 2 aromatic rings. The second-order valence-corrected chi connectivity index (χ2v) is 7.93. The number of aromatic nitrogens is 4. The van der Waals surface area contributed by atoms with E-state index in [0.717, 1.165) is 12.4 Å². The first-order valence-electron chi connectivity index (χ1n) is 7.93. The molecule has 0 bridgehead atoms. The van der Waals surface area contributed by atoms with Crippen molar-refractivity contribution in [3.63, 3.8) is 0 Å². The van der Waals surface area contributed by atoms with Crippen LogP contribution in [0.15, 0.2) is 17.3 Å². The topological polar surface area (TPSA) is 90.2 Å². The first-order valence-corrected chi connectivity index (χ1v) is 9.37. The van der Waals surface area contributed by atoms with Gasteiger partial charge >= 0.3 is 6.01 Å². The van der Waals surface area contributed by atoms with Gasteiger partial charge in [-0.1, -0.05) is 0 Å². The van der Waals surface area contributed by atoms with E-state index in [4.69, 9.17) is 4.74 Å². The Labute approximate surface area is 145 Å². The number of aryl methyl sites for hydroxylation is 2. The molecule has 1 saturated heterocycles. The molecule has 10 heteroatoms. The summed E-state index contributed by atoms with van der Waals surface area (Å²) in [6.07, 6.45) is 2.98. The number of ether oxygens (including phenoxy) is 1. The maximum Gasteiger partial charge on any atom is 0.316 e. The van der Waals surface area contributed by atoms with Crippen LogP contribution in [0.25, 0.3) is 0 Å². The molecule has 1 fully saturated rings. The molecule has 0 aromatic carbocycles. The highest BCUT2D eigenvalue weighted by molar-refractivity contribution is 7.89. The van der Waals surface area contributed by atoms with Crippen LogP contribution in [-0.2, 0) is 17.1 Å². The Morgan fingerprint density at radius 2 is 1.96 bits per heavy atom. The van der Waals surface area contributed by atoms with E-state index in [1.807, 2.05) is 0 Å². The lowest BCUT2D eigenvalue weighted by Gasteiger charge is -2.31. The largest absolute Gasteiger partial charge is 0.459 e. The van der Waals surface area contributed by atoms with Gasteiger partial charge in [0.15, 0.2) is 5.82 Å². The fourth-order valence-corrected chi connectivity index (χ4v) is 4.90. The van der Waals surface area contributed by atoms with Crippen LogP contribution in [0.1, 0.15) is 24.2 Å². The molecule has 8 nitrogen and oxygen atoms in total. The number of sulfonamides is 1. The Hall–Kier alpha value is -2.07. The second-order valence-electron chi connectivity index (χ2n) is 6.05. The van der Waals surface area contributed by atoms with Crippen molar-refractivity contribution < 1.29 is 17.5 Å². The Balaban J connectivity index is 1.79. The minimum absolute atomic E-state index is 0.0411. The maximum atomic E-state index is 13.0. The van der Waals surface area contributed by atoms with Crippen LogP contribution in [0.3, 0.4) is 0 Å². The van der Waals surface area contributed by atoms with Crippen molar-refractivity contribution in [3.8, 4) is 6.01 Å². The quantitative estimate of drug-likeness (QED) is 0.804. The van der Waals surface area contributed by atoms with Gasteiger partial charge in [0, 0.05) is 13.6 Å². The molecule has 3 heterocycles. The number of piperidine rings is 1. The molecule has 0 N–H and O–H groups in total. The fraction of sp³-hybridized carbons (Fsp3) is 0.533. The van der Waals surface area contributed by atoms with Crippen molar-refractivity contribution in [2.45, 2.75) is 37.7 Å². The highest BCUT2D eigenvalue weighted by atomic mass is 32.2. The lowest BCUT2D eigenvalue weighted by Crippen LogP contribution is -2.44. The minimum atomic E-state index is -3.67. The minimum Gasteiger partial charge on any atom is -0.459 e. The number of hydrogen-bond donors (Lipinski definition) is 0. The van der Waals surface area contributed by atoms with Gasteiger partial charge in [0.05, 0.1) is 30.3 Å². The Morgan fingerprint density at radius 1 is 1.28 bits per heavy atom. The third-order valence-electron chi connectivity index (χ3n) is 4.25. The summed E-state index contributed by atoms with van der Waals surface area (Å²) in [5, 5.41) is 4.19. The molecule has 0 aliphatic carbocycles. The highest BCUT2D eigenvalue weighted by Crippen LogP contribution is 2.26.